The minimum atomic E-state index is -4.56. The Balaban J connectivity index is 2.79. The molecule has 0 amide bonds. The summed E-state index contributed by atoms with van der Waals surface area (Å²) >= 11 is 0. The van der Waals surface area contributed by atoms with E-state index in [1.165, 1.54) is 0 Å². The van der Waals surface area contributed by atoms with Crippen LogP contribution in [0.4, 0.5) is 13.2 Å². The van der Waals surface area contributed by atoms with Gasteiger partial charge in [-0.2, -0.15) is 18.2 Å². The van der Waals surface area contributed by atoms with Crippen molar-refractivity contribution in [1.82, 2.24) is 15.5 Å². The second-order valence-corrected chi connectivity index (χ2v) is 4.21. The molecule has 0 spiro atoms. The summed E-state index contributed by atoms with van der Waals surface area (Å²) in [5.41, 5.74) is 0. The quantitative estimate of drug-likeness (QED) is 0.859. The Hall–Kier alpha value is -1.11. The highest BCUT2D eigenvalue weighted by Gasteiger charge is 2.38. The third kappa shape index (κ3) is 3.69. The summed E-state index contributed by atoms with van der Waals surface area (Å²) in [5, 5.41) is 6.20. The Morgan fingerprint density at radius 1 is 1.33 bits per heavy atom. The molecule has 1 N–H and O–H groups in total. The van der Waals surface area contributed by atoms with Gasteiger partial charge in [0, 0.05) is 6.04 Å². The van der Waals surface area contributed by atoms with Gasteiger partial charge in [0.1, 0.15) is 0 Å². The van der Waals surface area contributed by atoms with Gasteiger partial charge in [-0.3, -0.25) is 0 Å². The monoisotopic (exact) mass is 265 g/mol. The molecule has 18 heavy (non-hydrogen) atoms. The molecule has 0 aliphatic carbocycles. The van der Waals surface area contributed by atoms with E-state index in [1.807, 2.05) is 20.8 Å². The van der Waals surface area contributed by atoms with Gasteiger partial charge in [-0.1, -0.05) is 19.0 Å². The Morgan fingerprint density at radius 2 is 2.00 bits per heavy atom. The highest BCUT2D eigenvalue weighted by Crippen LogP contribution is 2.29. The van der Waals surface area contributed by atoms with E-state index in [0.29, 0.717) is 6.42 Å². The molecular weight excluding hydrogens is 247 g/mol. The lowest BCUT2D eigenvalue weighted by atomic mass is 9.98. The molecule has 104 valence electrons. The third-order valence-electron chi connectivity index (χ3n) is 2.77. The molecule has 4 nitrogen and oxygen atoms in total. The molecule has 1 heterocycles. The highest BCUT2D eigenvalue weighted by atomic mass is 19.4. The van der Waals surface area contributed by atoms with E-state index in [0.717, 1.165) is 13.0 Å². The molecule has 0 saturated carbocycles. The van der Waals surface area contributed by atoms with Crippen molar-refractivity contribution in [3.8, 4) is 0 Å². The van der Waals surface area contributed by atoms with Crippen molar-refractivity contribution in [2.45, 2.75) is 51.7 Å². The minimum Gasteiger partial charge on any atom is -0.339 e. The molecule has 0 radical (unpaired) electrons. The lowest BCUT2D eigenvalue weighted by Crippen LogP contribution is -2.32. The van der Waals surface area contributed by atoms with Crippen molar-refractivity contribution < 1.29 is 17.7 Å². The molecule has 7 heteroatoms. The maximum Gasteiger partial charge on any atom is 0.455 e. The van der Waals surface area contributed by atoms with Crippen LogP contribution in [0.25, 0.3) is 0 Å². The van der Waals surface area contributed by atoms with Crippen LogP contribution in [0, 0.1) is 0 Å². The van der Waals surface area contributed by atoms with Gasteiger partial charge < -0.3 is 9.84 Å². The summed E-state index contributed by atoms with van der Waals surface area (Å²) in [6.07, 6.45) is -2.96. The molecule has 0 aliphatic rings. The van der Waals surface area contributed by atoms with Crippen LogP contribution in [0.3, 0.4) is 0 Å². The second-order valence-electron chi connectivity index (χ2n) is 4.21. The van der Waals surface area contributed by atoms with E-state index in [4.69, 9.17) is 4.52 Å². The number of halogens is 3. The largest absolute Gasteiger partial charge is 0.455 e. The number of alkyl halides is 3. The van der Waals surface area contributed by atoms with Crippen LogP contribution < -0.4 is 5.32 Å². The van der Waals surface area contributed by atoms with E-state index >= 15 is 0 Å². The van der Waals surface area contributed by atoms with E-state index < -0.39 is 12.0 Å². The van der Waals surface area contributed by atoms with E-state index in [2.05, 4.69) is 15.5 Å². The zero-order valence-electron chi connectivity index (χ0n) is 10.7. The fourth-order valence-electron chi connectivity index (χ4n) is 1.76. The number of nitrogens with zero attached hydrogens (tertiary/aromatic N) is 2. The maximum absolute atomic E-state index is 12.4. The first-order valence-corrected chi connectivity index (χ1v) is 6.04. The zero-order valence-corrected chi connectivity index (χ0v) is 10.7. The zero-order chi connectivity index (χ0) is 13.8. The Morgan fingerprint density at radius 3 is 2.44 bits per heavy atom. The van der Waals surface area contributed by atoms with Crippen LogP contribution in [0.1, 0.15) is 51.2 Å². The summed E-state index contributed by atoms with van der Waals surface area (Å²) in [5.74, 6) is -1.38. The molecule has 0 bridgehead atoms. The molecule has 2 atom stereocenters. The number of hydrogen-bond donors (Lipinski definition) is 1. The molecular formula is C11H18F3N3O. The van der Waals surface area contributed by atoms with E-state index in [1.54, 1.807) is 0 Å². The van der Waals surface area contributed by atoms with Crippen LogP contribution in [0.2, 0.25) is 0 Å². The number of rotatable bonds is 6. The van der Waals surface area contributed by atoms with Crippen LogP contribution in [-0.2, 0) is 6.18 Å². The molecule has 1 aromatic rings. The van der Waals surface area contributed by atoms with Gasteiger partial charge in [-0.25, -0.2) is 0 Å². The standard InChI is InChI=1S/C11H18F3N3O/c1-4-6-15-7(3)8(5-2)9-16-10(17-18-9)11(12,13)14/h7-8,15H,4-6H2,1-3H3. The van der Waals surface area contributed by atoms with Crippen molar-refractivity contribution in [2.75, 3.05) is 6.54 Å². The summed E-state index contributed by atoms with van der Waals surface area (Å²) in [6, 6.07) is -0.00326. The molecule has 1 rings (SSSR count). The lowest BCUT2D eigenvalue weighted by molar-refractivity contribution is -0.146. The van der Waals surface area contributed by atoms with Crippen molar-refractivity contribution in [3.05, 3.63) is 11.7 Å². The van der Waals surface area contributed by atoms with Gasteiger partial charge in [-0.05, 0) is 26.3 Å². The first-order valence-electron chi connectivity index (χ1n) is 6.04. The first-order chi connectivity index (χ1) is 8.40. The molecule has 2 unspecified atom stereocenters. The van der Waals surface area contributed by atoms with Gasteiger partial charge in [0.25, 0.3) is 5.82 Å². The minimum absolute atomic E-state index is 0.00326. The Bertz CT molecular complexity index is 365. The van der Waals surface area contributed by atoms with Crippen LogP contribution in [0.15, 0.2) is 4.52 Å². The molecule has 0 saturated heterocycles. The topological polar surface area (TPSA) is 51.0 Å². The number of nitrogens with one attached hydrogen (secondary N) is 1. The smallest absolute Gasteiger partial charge is 0.339 e. The van der Waals surface area contributed by atoms with Gasteiger partial charge in [0.05, 0.1) is 5.92 Å². The van der Waals surface area contributed by atoms with Crippen molar-refractivity contribution in [1.29, 1.82) is 0 Å². The molecule has 1 aromatic heterocycles. The van der Waals surface area contributed by atoms with Crippen LogP contribution in [0.5, 0.6) is 0 Å². The summed E-state index contributed by atoms with van der Waals surface area (Å²) in [6.45, 7) is 6.61. The van der Waals surface area contributed by atoms with Gasteiger partial charge in [-0.15, -0.1) is 0 Å². The van der Waals surface area contributed by atoms with Crippen molar-refractivity contribution in [3.63, 3.8) is 0 Å². The average Bonchev–Trinajstić information content (AvgIpc) is 2.76. The van der Waals surface area contributed by atoms with E-state index in [9.17, 15) is 13.2 Å². The first kappa shape index (κ1) is 14.9. The van der Waals surface area contributed by atoms with Crippen LogP contribution >= 0.6 is 0 Å². The fraction of sp³-hybridized carbons (Fsp3) is 0.818. The molecule has 0 fully saturated rings. The predicted molar refractivity (Wildman–Crippen MR) is 60.1 cm³/mol. The van der Waals surface area contributed by atoms with Crippen LogP contribution in [-0.4, -0.2) is 22.7 Å². The molecule has 0 aliphatic heterocycles. The van der Waals surface area contributed by atoms with Gasteiger partial charge >= 0.3 is 6.18 Å². The number of aromatic nitrogens is 2. The van der Waals surface area contributed by atoms with Crippen molar-refractivity contribution >= 4 is 0 Å². The lowest BCUT2D eigenvalue weighted by Gasteiger charge is -2.20. The summed E-state index contributed by atoms with van der Waals surface area (Å²) in [7, 11) is 0. The summed E-state index contributed by atoms with van der Waals surface area (Å²) in [4.78, 5) is 3.44. The Labute approximate surface area is 104 Å². The van der Waals surface area contributed by atoms with Gasteiger partial charge in [0.15, 0.2) is 0 Å². The normalized spacial score (nSPS) is 15.7. The van der Waals surface area contributed by atoms with Crippen molar-refractivity contribution in [2.24, 2.45) is 0 Å². The SMILES string of the molecule is CCCNC(C)C(CC)c1nc(C(F)(F)F)no1. The predicted octanol–water partition coefficient (Wildman–Crippen LogP) is 2.97. The molecule has 0 aromatic carbocycles. The fourth-order valence-corrected chi connectivity index (χ4v) is 1.76. The van der Waals surface area contributed by atoms with Gasteiger partial charge in [0.2, 0.25) is 5.89 Å². The number of hydrogen-bond acceptors (Lipinski definition) is 4. The summed E-state index contributed by atoms with van der Waals surface area (Å²) < 4.78 is 41.8. The van der Waals surface area contributed by atoms with E-state index in [-0.39, 0.29) is 17.9 Å². The Kier molecular flexibility index (Phi) is 5.13. The average molecular weight is 265 g/mol. The maximum atomic E-state index is 12.4. The third-order valence-corrected chi connectivity index (χ3v) is 2.77. The highest BCUT2D eigenvalue weighted by molar-refractivity contribution is 4.99. The second kappa shape index (κ2) is 6.17.